The van der Waals surface area contributed by atoms with Crippen LogP contribution in [0.25, 0.3) is 0 Å². The van der Waals surface area contributed by atoms with E-state index >= 15 is 0 Å². The fraction of sp³-hybridized carbons (Fsp3) is 0.222. The van der Waals surface area contributed by atoms with E-state index in [2.05, 4.69) is 17.5 Å². The molecule has 0 aromatic heterocycles. The molecule has 0 aliphatic carbocycles. The SMILES string of the molecule is NC(=S)NCCOc1cc(Cl)ccc1Cl. The quantitative estimate of drug-likeness (QED) is 0.647. The van der Waals surface area contributed by atoms with Gasteiger partial charge in [0.1, 0.15) is 12.4 Å². The van der Waals surface area contributed by atoms with E-state index in [-0.39, 0.29) is 5.11 Å². The third-order valence-corrected chi connectivity index (χ3v) is 2.24. The van der Waals surface area contributed by atoms with Crippen LogP contribution in [0.15, 0.2) is 18.2 Å². The monoisotopic (exact) mass is 264 g/mol. The van der Waals surface area contributed by atoms with Gasteiger partial charge in [0, 0.05) is 11.1 Å². The molecular formula is C9H10Cl2N2OS. The Morgan fingerprint density at radius 3 is 2.87 bits per heavy atom. The summed E-state index contributed by atoms with van der Waals surface area (Å²) in [4.78, 5) is 0. The molecule has 3 N–H and O–H groups in total. The van der Waals surface area contributed by atoms with Gasteiger partial charge in [0.15, 0.2) is 5.11 Å². The predicted octanol–water partition coefficient (Wildman–Crippen LogP) is 2.21. The lowest BCUT2D eigenvalue weighted by molar-refractivity contribution is 0.323. The van der Waals surface area contributed by atoms with E-state index in [9.17, 15) is 0 Å². The average Bonchev–Trinajstić information content (AvgIpc) is 2.17. The number of benzene rings is 1. The molecule has 0 saturated carbocycles. The predicted molar refractivity (Wildman–Crippen MR) is 66.7 cm³/mol. The van der Waals surface area contributed by atoms with Gasteiger partial charge in [-0.25, -0.2) is 0 Å². The van der Waals surface area contributed by atoms with Crippen LogP contribution in [-0.2, 0) is 0 Å². The minimum Gasteiger partial charge on any atom is -0.490 e. The average molecular weight is 265 g/mol. The summed E-state index contributed by atoms with van der Waals surface area (Å²) in [6.07, 6.45) is 0. The van der Waals surface area contributed by atoms with E-state index in [0.717, 1.165) is 0 Å². The zero-order valence-electron chi connectivity index (χ0n) is 7.80. The molecule has 0 saturated heterocycles. The van der Waals surface area contributed by atoms with Crippen molar-refractivity contribution in [1.29, 1.82) is 0 Å². The van der Waals surface area contributed by atoms with Crippen LogP contribution in [0.1, 0.15) is 0 Å². The number of halogens is 2. The lowest BCUT2D eigenvalue weighted by Crippen LogP contribution is -2.32. The van der Waals surface area contributed by atoms with Gasteiger partial charge in [-0.2, -0.15) is 0 Å². The molecule has 15 heavy (non-hydrogen) atoms. The Bertz CT molecular complexity index is 360. The van der Waals surface area contributed by atoms with Gasteiger partial charge >= 0.3 is 0 Å². The molecule has 0 spiro atoms. The summed E-state index contributed by atoms with van der Waals surface area (Å²) in [7, 11) is 0. The van der Waals surface area contributed by atoms with Crippen molar-refractivity contribution in [2.45, 2.75) is 0 Å². The molecule has 0 unspecified atom stereocenters. The fourth-order valence-corrected chi connectivity index (χ4v) is 1.36. The van der Waals surface area contributed by atoms with Gasteiger partial charge in [-0.1, -0.05) is 23.2 Å². The van der Waals surface area contributed by atoms with Crippen LogP contribution in [0.3, 0.4) is 0 Å². The summed E-state index contributed by atoms with van der Waals surface area (Å²) in [5.74, 6) is 0.550. The maximum atomic E-state index is 5.88. The van der Waals surface area contributed by atoms with Gasteiger partial charge in [-0.15, -0.1) is 0 Å². The summed E-state index contributed by atoms with van der Waals surface area (Å²) in [6.45, 7) is 0.940. The van der Waals surface area contributed by atoms with Crippen LogP contribution < -0.4 is 15.8 Å². The molecule has 0 aliphatic rings. The molecule has 0 atom stereocenters. The first-order valence-corrected chi connectivity index (χ1v) is 5.37. The molecule has 0 aliphatic heterocycles. The molecule has 0 radical (unpaired) electrons. The van der Waals surface area contributed by atoms with Crippen molar-refractivity contribution in [2.24, 2.45) is 5.73 Å². The highest BCUT2D eigenvalue weighted by atomic mass is 35.5. The third-order valence-electron chi connectivity index (χ3n) is 1.55. The number of thiocarbonyl (C=S) groups is 1. The third kappa shape index (κ3) is 4.55. The van der Waals surface area contributed by atoms with E-state index in [1.807, 2.05) is 0 Å². The second-order valence-electron chi connectivity index (χ2n) is 2.71. The highest BCUT2D eigenvalue weighted by Crippen LogP contribution is 2.27. The van der Waals surface area contributed by atoms with Crippen molar-refractivity contribution < 1.29 is 4.74 Å². The number of ether oxygens (including phenoxy) is 1. The van der Waals surface area contributed by atoms with Crippen LogP contribution in [0, 0.1) is 0 Å². The second-order valence-corrected chi connectivity index (χ2v) is 4.00. The Morgan fingerprint density at radius 1 is 1.47 bits per heavy atom. The second kappa shape index (κ2) is 6.00. The minimum atomic E-state index is 0.246. The largest absolute Gasteiger partial charge is 0.490 e. The normalized spacial score (nSPS) is 9.73. The summed E-state index contributed by atoms with van der Waals surface area (Å²) in [5, 5.41) is 4.11. The van der Waals surface area contributed by atoms with E-state index in [0.29, 0.717) is 28.9 Å². The Balaban J connectivity index is 2.43. The minimum absolute atomic E-state index is 0.246. The molecule has 1 aromatic rings. The Hall–Kier alpha value is -0.710. The Morgan fingerprint density at radius 2 is 2.20 bits per heavy atom. The number of hydrogen-bond acceptors (Lipinski definition) is 2. The number of hydrogen-bond donors (Lipinski definition) is 2. The van der Waals surface area contributed by atoms with Crippen molar-refractivity contribution in [1.82, 2.24) is 5.32 Å². The van der Waals surface area contributed by atoms with Gasteiger partial charge in [-0.3, -0.25) is 0 Å². The number of rotatable bonds is 4. The van der Waals surface area contributed by atoms with E-state index < -0.39 is 0 Å². The van der Waals surface area contributed by atoms with Crippen LogP contribution in [0.2, 0.25) is 10.0 Å². The van der Waals surface area contributed by atoms with Crippen molar-refractivity contribution in [3.63, 3.8) is 0 Å². The fourth-order valence-electron chi connectivity index (χ4n) is 0.923. The molecular weight excluding hydrogens is 255 g/mol. The molecule has 82 valence electrons. The maximum absolute atomic E-state index is 5.88. The van der Waals surface area contributed by atoms with Crippen LogP contribution in [-0.4, -0.2) is 18.3 Å². The van der Waals surface area contributed by atoms with E-state index in [1.165, 1.54) is 0 Å². The molecule has 0 heterocycles. The van der Waals surface area contributed by atoms with Crippen LogP contribution >= 0.6 is 35.4 Å². The summed E-state index contributed by atoms with van der Waals surface area (Å²) >= 11 is 16.3. The zero-order chi connectivity index (χ0) is 11.3. The van der Waals surface area contributed by atoms with Gasteiger partial charge < -0.3 is 15.8 Å². The highest BCUT2D eigenvalue weighted by Gasteiger charge is 2.01. The number of nitrogens with two attached hydrogens (primary N) is 1. The van der Waals surface area contributed by atoms with Gasteiger partial charge in [-0.05, 0) is 24.4 Å². The molecule has 0 bridgehead atoms. The zero-order valence-corrected chi connectivity index (χ0v) is 10.1. The van der Waals surface area contributed by atoms with Crippen LogP contribution in [0.5, 0.6) is 5.75 Å². The van der Waals surface area contributed by atoms with Crippen molar-refractivity contribution in [3.05, 3.63) is 28.2 Å². The molecule has 3 nitrogen and oxygen atoms in total. The molecule has 0 amide bonds. The molecule has 6 heteroatoms. The maximum Gasteiger partial charge on any atom is 0.163 e. The first-order valence-electron chi connectivity index (χ1n) is 4.21. The summed E-state index contributed by atoms with van der Waals surface area (Å²) in [5.41, 5.74) is 5.24. The summed E-state index contributed by atoms with van der Waals surface area (Å²) in [6, 6.07) is 5.04. The highest BCUT2D eigenvalue weighted by molar-refractivity contribution is 7.80. The molecule has 1 aromatic carbocycles. The molecule has 1 rings (SSSR count). The van der Waals surface area contributed by atoms with Crippen molar-refractivity contribution in [3.8, 4) is 5.75 Å². The Labute approximate surface area is 103 Å². The number of nitrogens with one attached hydrogen (secondary N) is 1. The van der Waals surface area contributed by atoms with Crippen molar-refractivity contribution in [2.75, 3.05) is 13.2 Å². The van der Waals surface area contributed by atoms with E-state index in [4.69, 9.17) is 33.7 Å². The van der Waals surface area contributed by atoms with E-state index in [1.54, 1.807) is 18.2 Å². The molecule has 0 fully saturated rings. The van der Waals surface area contributed by atoms with Gasteiger partial charge in [0.05, 0.1) is 11.6 Å². The van der Waals surface area contributed by atoms with Gasteiger partial charge in [0.2, 0.25) is 0 Å². The topological polar surface area (TPSA) is 47.3 Å². The standard InChI is InChI=1S/C9H10Cl2N2OS/c10-6-1-2-7(11)8(5-6)14-4-3-13-9(12)15/h1-2,5H,3-4H2,(H3,12,13,15). The Kier molecular flexibility index (Phi) is 4.94. The smallest absolute Gasteiger partial charge is 0.163 e. The lowest BCUT2D eigenvalue weighted by atomic mass is 10.3. The van der Waals surface area contributed by atoms with Gasteiger partial charge in [0.25, 0.3) is 0 Å². The lowest BCUT2D eigenvalue weighted by Gasteiger charge is -2.08. The van der Waals surface area contributed by atoms with Crippen molar-refractivity contribution >= 4 is 40.5 Å². The summed E-state index contributed by atoms with van der Waals surface area (Å²) < 4.78 is 5.37. The first-order chi connectivity index (χ1) is 7.09. The first kappa shape index (κ1) is 12.4. The van der Waals surface area contributed by atoms with Crippen LogP contribution in [0.4, 0.5) is 0 Å².